The Labute approximate surface area is 55.2 Å². The lowest BCUT2D eigenvalue weighted by Gasteiger charge is -2.03. The SMILES string of the molecule is O=[N+]([O-])[N-]c1cccs1. The van der Waals surface area contributed by atoms with Crippen LogP contribution in [0.2, 0.25) is 0 Å². The molecule has 9 heavy (non-hydrogen) atoms. The van der Waals surface area contributed by atoms with E-state index in [1.54, 1.807) is 17.5 Å². The summed E-state index contributed by atoms with van der Waals surface area (Å²) in [5, 5.41) is 11.2. The Kier molecular flexibility index (Phi) is 1.64. The van der Waals surface area contributed by atoms with Gasteiger partial charge in [-0.1, -0.05) is 12.1 Å². The van der Waals surface area contributed by atoms with E-state index in [4.69, 9.17) is 0 Å². The summed E-state index contributed by atoms with van der Waals surface area (Å²) < 4.78 is 0. The van der Waals surface area contributed by atoms with Crippen LogP contribution in [0, 0.1) is 10.1 Å². The number of thiophene rings is 1. The van der Waals surface area contributed by atoms with Crippen molar-refractivity contribution >= 4 is 16.3 Å². The molecule has 0 spiro atoms. The number of hydrogen-bond donors (Lipinski definition) is 0. The molecule has 0 N–H and O–H groups in total. The van der Waals surface area contributed by atoms with Gasteiger partial charge in [-0.15, -0.1) is 0 Å². The molecule has 0 bridgehead atoms. The molecule has 1 aromatic rings. The third-order valence-corrected chi connectivity index (χ3v) is 1.44. The molecule has 0 fully saturated rings. The van der Waals surface area contributed by atoms with Crippen LogP contribution in [0.25, 0.3) is 5.43 Å². The Balaban J connectivity index is 2.58. The number of nitro groups is 1. The fourth-order valence-electron chi connectivity index (χ4n) is 0.407. The standard InChI is InChI=1S/C4H3N2O2S/c7-6(8)5-4-2-1-3-9-4/h1-3H/q-1. The van der Waals surface area contributed by atoms with Crippen LogP contribution in [0.1, 0.15) is 0 Å². The summed E-state index contributed by atoms with van der Waals surface area (Å²) >= 11 is 1.24. The average Bonchev–Trinajstić information content (AvgIpc) is 2.15. The van der Waals surface area contributed by atoms with E-state index in [2.05, 4.69) is 5.43 Å². The maximum Gasteiger partial charge on any atom is -0.00816 e. The van der Waals surface area contributed by atoms with E-state index in [0.717, 1.165) is 0 Å². The minimum absolute atomic E-state index is 0.431. The van der Waals surface area contributed by atoms with Gasteiger partial charge in [0, 0.05) is 0 Å². The number of rotatable bonds is 2. The predicted molar refractivity (Wildman–Crippen MR) is 34.3 cm³/mol. The highest BCUT2D eigenvalue weighted by molar-refractivity contribution is 7.14. The van der Waals surface area contributed by atoms with Crippen molar-refractivity contribution in [2.75, 3.05) is 0 Å². The maximum atomic E-state index is 9.71. The van der Waals surface area contributed by atoms with Gasteiger partial charge in [0.15, 0.2) is 0 Å². The van der Waals surface area contributed by atoms with Crippen molar-refractivity contribution in [1.29, 1.82) is 0 Å². The van der Waals surface area contributed by atoms with Gasteiger partial charge in [0.05, 0.1) is 0 Å². The molecule has 48 valence electrons. The zero-order chi connectivity index (χ0) is 6.69. The molecule has 1 heterocycles. The van der Waals surface area contributed by atoms with Crippen molar-refractivity contribution in [3.05, 3.63) is 33.1 Å². The topological polar surface area (TPSA) is 57.2 Å². The molecule has 0 aliphatic carbocycles. The molecule has 0 saturated carbocycles. The van der Waals surface area contributed by atoms with Crippen molar-refractivity contribution in [2.45, 2.75) is 0 Å². The summed E-state index contributed by atoms with van der Waals surface area (Å²) in [6.07, 6.45) is 0. The van der Waals surface area contributed by atoms with Crippen molar-refractivity contribution in [2.24, 2.45) is 0 Å². The van der Waals surface area contributed by atoms with E-state index >= 15 is 0 Å². The van der Waals surface area contributed by atoms with Crippen molar-refractivity contribution in [3.63, 3.8) is 0 Å². The maximum absolute atomic E-state index is 9.71. The molecule has 0 aliphatic heterocycles. The van der Waals surface area contributed by atoms with Crippen molar-refractivity contribution in [3.8, 4) is 0 Å². The first-order valence-corrected chi connectivity index (χ1v) is 3.06. The quantitative estimate of drug-likeness (QED) is 0.469. The highest BCUT2D eigenvalue weighted by Crippen LogP contribution is 2.23. The monoisotopic (exact) mass is 143 g/mol. The van der Waals surface area contributed by atoms with Gasteiger partial charge in [0.25, 0.3) is 0 Å². The molecule has 4 nitrogen and oxygen atoms in total. The number of nitrogens with zero attached hydrogens (tertiary/aromatic N) is 2. The van der Waals surface area contributed by atoms with Gasteiger partial charge >= 0.3 is 0 Å². The van der Waals surface area contributed by atoms with Crippen molar-refractivity contribution in [1.82, 2.24) is 0 Å². The van der Waals surface area contributed by atoms with Gasteiger partial charge in [-0.05, 0) is 15.4 Å². The molecular formula is C4H3N2O2S-. The largest absolute Gasteiger partial charge is 0.338 e. The van der Waals surface area contributed by atoms with E-state index < -0.39 is 5.03 Å². The molecule has 0 aromatic carbocycles. The highest BCUT2D eigenvalue weighted by atomic mass is 32.1. The zero-order valence-corrected chi connectivity index (χ0v) is 5.17. The molecule has 0 amide bonds. The molecule has 0 aliphatic rings. The molecule has 0 atom stereocenters. The summed E-state index contributed by atoms with van der Waals surface area (Å²) in [6, 6.07) is 3.31. The van der Waals surface area contributed by atoms with Gasteiger partial charge in [-0.2, -0.15) is 11.3 Å². The van der Waals surface area contributed by atoms with E-state index in [1.165, 1.54) is 11.3 Å². The highest BCUT2D eigenvalue weighted by Gasteiger charge is 1.82. The first-order valence-electron chi connectivity index (χ1n) is 2.18. The molecule has 1 rings (SSSR count). The van der Waals surface area contributed by atoms with Gasteiger partial charge in [0.2, 0.25) is 0 Å². The third kappa shape index (κ3) is 1.69. The smallest absolute Gasteiger partial charge is 0.00816 e. The summed E-state index contributed by atoms with van der Waals surface area (Å²) in [5.41, 5.74) is 3.06. The third-order valence-electron chi connectivity index (χ3n) is 0.686. The van der Waals surface area contributed by atoms with Crippen LogP contribution in [-0.2, 0) is 0 Å². The lowest BCUT2D eigenvalue weighted by atomic mass is 10.6. The molecule has 1 aromatic heterocycles. The molecule has 0 saturated heterocycles. The Morgan fingerprint density at radius 2 is 2.56 bits per heavy atom. The molecule has 5 heteroatoms. The second kappa shape index (κ2) is 2.45. The lowest BCUT2D eigenvalue weighted by molar-refractivity contribution is -0.418. The first-order chi connectivity index (χ1) is 4.29. The Morgan fingerprint density at radius 3 is 3.00 bits per heavy atom. The predicted octanol–water partition coefficient (Wildman–Crippen LogP) is 1.95. The fourth-order valence-corrected chi connectivity index (χ4v) is 0.975. The van der Waals surface area contributed by atoms with Gasteiger partial charge in [0.1, 0.15) is 0 Å². The first kappa shape index (κ1) is 6.03. The van der Waals surface area contributed by atoms with E-state index in [-0.39, 0.29) is 0 Å². The van der Waals surface area contributed by atoms with Gasteiger partial charge in [-0.25, -0.2) is 0 Å². The fraction of sp³-hybridized carbons (Fsp3) is 0. The zero-order valence-electron chi connectivity index (χ0n) is 4.35. The van der Waals surface area contributed by atoms with Crippen LogP contribution in [0.3, 0.4) is 0 Å². The summed E-state index contributed by atoms with van der Waals surface area (Å²) in [5.74, 6) is 0. The minimum atomic E-state index is -0.703. The van der Waals surface area contributed by atoms with Crippen LogP contribution in [-0.4, -0.2) is 5.03 Å². The summed E-state index contributed by atoms with van der Waals surface area (Å²) in [4.78, 5) is 9.71. The molecule has 0 unspecified atom stereocenters. The lowest BCUT2D eigenvalue weighted by Crippen LogP contribution is -1.82. The minimum Gasteiger partial charge on any atom is -0.338 e. The second-order valence-electron chi connectivity index (χ2n) is 1.29. The summed E-state index contributed by atoms with van der Waals surface area (Å²) in [6.45, 7) is 0. The Morgan fingerprint density at radius 1 is 1.78 bits per heavy atom. The normalized spacial score (nSPS) is 8.89. The van der Waals surface area contributed by atoms with Gasteiger partial charge in [-0.3, -0.25) is 10.1 Å². The number of hydrogen-bond acceptors (Lipinski definition) is 3. The van der Waals surface area contributed by atoms with Crippen molar-refractivity contribution < 1.29 is 5.03 Å². The van der Waals surface area contributed by atoms with Crippen LogP contribution in [0.15, 0.2) is 17.5 Å². The van der Waals surface area contributed by atoms with E-state index in [0.29, 0.717) is 5.00 Å². The van der Waals surface area contributed by atoms with Crippen LogP contribution in [0.4, 0.5) is 5.00 Å². The second-order valence-corrected chi connectivity index (χ2v) is 2.22. The van der Waals surface area contributed by atoms with Crippen LogP contribution >= 0.6 is 11.3 Å². The molecular weight excluding hydrogens is 140 g/mol. The van der Waals surface area contributed by atoms with Crippen LogP contribution in [0.5, 0.6) is 0 Å². The summed E-state index contributed by atoms with van der Waals surface area (Å²) in [7, 11) is 0. The Bertz CT molecular complexity index is 196. The molecule has 0 radical (unpaired) electrons. The van der Waals surface area contributed by atoms with E-state index in [1.807, 2.05) is 0 Å². The Hall–Kier alpha value is -1.10. The average molecular weight is 143 g/mol. The van der Waals surface area contributed by atoms with E-state index in [9.17, 15) is 10.1 Å². The van der Waals surface area contributed by atoms with Crippen LogP contribution < -0.4 is 0 Å². The van der Waals surface area contributed by atoms with Gasteiger partial charge < -0.3 is 5.43 Å².